The van der Waals surface area contributed by atoms with Gasteiger partial charge in [-0.2, -0.15) is 0 Å². The highest BCUT2D eigenvalue weighted by Gasteiger charge is 2.46. The van der Waals surface area contributed by atoms with E-state index in [1.54, 1.807) is 19.2 Å². The zero-order chi connectivity index (χ0) is 37.6. The molecule has 6 atom stereocenters. The Kier molecular flexibility index (Phi) is 10.0. The lowest BCUT2D eigenvalue weighted by atomic mass is 9.92. The predicted molar refractivity (Wildman–Crippen MR) is 178 cm³/mol. The Morgan fingerprint density at radius 2 is 1.62 bits per heavy atom. The Labute approximate surface area is 297 Å². The molecule has 52 heavy (non-hydrogen) atoms. The molecule has 3 heterocycles. The van der Waals surface area contributed by atoms with Gasteiger partial charge >= 0.3 is 12.1 Å². The van der Waals surface area contributed by atoms with Crippen molar-refractivity contribution < 1.29 is 68.4 Å². The molecule has 0 saturated carbocycles. The monoisotopic (exact) mass is 722 g/mol. The Balaban J connectivity index is 1.44. The van der Waals surface area contributed by atoms with Crippen LogP contribution in [0.2, 0.25) is 0 Å². The normalized spacial score (nSPS) is 23.7. The topological polar surface area (TPSA) is 222 Å². The van der Waals surface area contributed by atoms with Crippen molar-refractivity contribution in [2.45, 2.75) is 57.1 Å². The second-order valence-corrected chi connectivity index (χ2v) is 12.9. The summed E-state index contributed by atoms with van der Waals surface area (Å²) < 4.78 is 29.0. The number of ketones is 1. The van der Waals surface area contributed by atoms with Crippen molar-refractivity contribution in [3.8, 4) is 39.9 Å². The number of hydrogen-bond donors (Lipinski definition) is 5. The molecule has 1 saturated heterocycles. The van der Waals surface area contributed by atoms with E-state index in [4.69, 9.17) is 23.7 Å². The van der Waals surface area contributed by atoms with Gasteiger partial charge in [0.05, 0.1) is 6.42 Å². The first-order valence-corrected chi connectivity index (χ1v) is 16.4. The van der Waals surface area contributed by atoms with Crippen LogP contribution in [-0.2, 0) is 14.3 Å². The van der Waals surface area contributed by atoms with Crippen LogP contribution in [0.25, 0.3) is 11.1 Å². The van der Waals surface area contributed by atoms with E-state index in [-0.39, 0.29) is 70.5 Å². The van der Waals surface area contributed by atoms with Crippen molar-refractivity contribution in [1.82, 2.24) is 9.80 Å². The average Bonchev–Trinajstić information content (AvgIpc) is 3.11. The van der Waals surface area contributed by atoms with Crippen LogP contribution in [0.4, 0.5) is 4.79 Å². The lowest BCUT2D eigenvalue weighted by Crippen LogP contribution is -2.60. The molecule has 2 amide bonds. The summed E-state index contributed by atoms with van der Waals surface area (Å²) in [6.45, 7) is 2.62. The first-order chi connectivity index (χ1) is 24.6. The summed E-state index contributed by atoms with van der Waals surface area (Å²) in [5, 5.41) is 53.7. The van der Waals surface area contributed by atoms with Crippen LogP contribution in [-0.4, -0.2) is 124 Å². The fourth-order valence-corrected chi connectivity index (χ4v) is 6.02. The van der Waals surface area contributed by atoms with Crippen LogP contribution in [0.15, 0.2) is 42.5 Å². The number of phenols is 2. The lowest BCUT2D eigenvalue weighted by Gasteiger charge is -2.40. The third-order valence-corrected chi connectivity index (χ3v) is 9.40. The minimum Gasteiger partial charge on any atom is -0.507 e. The van der Waals surface area contributed by atoms with Crippen LogP contribution >= 0.6 is 0 Å². The number of aliphatic hydroxyl groups is 3. The maximum Gasteiger partial charge on any atom is 0.415 e. The van der Waals surface area contributed by atoms with Crippen molar-refractivity contribution in [2.24, 2.45) is 0 Å². The molecule has 3 aliphatic rings. The van der Waals surface area contributed by atoms with E-state index < -0.39 is 72.8 Å². The van der Waals surface area contributed by atoms with Gasteiger partial charge in [0.2, 0.25) is 12.2 Å². The summed E-state index contributed by atoms with van der Waals surface area (Å²) in [5.41, 5.74) is 0.695. The minimum atomic E-state index is -1.81. The molecule has 0 radical (unpaired) electrons. The number of carbonyl (C=O) groups is 4. The molecule has 0 aliphatic carbocycles. The van der Waals surface area contributed by atoms with Gasteiger partial charge in [-0.1, -0.05) is 12.1 Å². The van der Waals surface area contributed by atoms with E-state index in [1.807, 2.05) is 0 Å². The number of amides is 2. The number of benzene rings is 3. The molecular weight excluding hydrogens is 684 g/mol. The Bertz CT molecular complexity index is 1930. The summed E-state index contributed by atoms with van der Waals surface area (Å²) in [6.07, 6.45) is -10.2. The minimum absolute atomic E-state index is 0.0436. The summed E-state index contributed by atoms with van der Waals surface area (Å²) in [7, 11) is 3.09. The van der Waals surface area contributed by atoms with Gasteiger partial charge in [0, 0.05) is 51.3 Å². The number of phenolic OH excluding ortho intramolecular Hbond substituents is 2. The van der Waals surface area contributed by atoms with Crippen molar-refractivity contribution in [2.75, 3.05) is 33.8 Å². The Hall–Kier alpha value is -5.42. The second kappa shape index (κ2) is 14.3. The standard InChI is InChI=1S/C36H38N2O14/c1-16-25-14-27-29(30(16)42)23(41)13-26(49-27)19-6-8-24(52-36(47)38(4)10-9-37(3)17(2)39)20(12-19)18-5-7-22(40)21(11-18)34(46)48-15-28-31(43)32(44)33(45)35(50-25)51-28/h5-8,11-12,14,26,28,31-33,35,40,42-45H,9-10,13,15H2,1-4H3/t26-,28?,31?,32?,33?,35?/m1/s1. The number of ether oxygens (including phenoxy) is 5. The first kappa shape index (κ1) is 36.4. The van der Waals surface area contributed by atoms with E-state index in [0.29, 0.717) is 5.56 Å². The van der Waals surface area contributed by atoms with E-state index in [0.717, 1.165) is 0 Å². The number of cyclic esters (lactones) is 1. The third kappa shape index (κ3) is 6.92. The number of carbonyl (C=O) groups excluding carboxylic acids is 4. The van der Waals surface area contributed by atoms with Crippen LogP contribution < -0.4 is 14.2 Å². The largest absolute Gasteiger partial charge is 0.507 e. The van der Waals surface area contributed by atoms with E-state index in [2.05, 4.69) is 0 Å². The number of fused-ring (bicyclic) bond motifs is 10. The van der Waals surface area contributed by atoms with Gasteiger partial charge < -0.3 is 59.0 Å². The molecule has 6 rings (SSSR count). The van der Waals surface area contributed by atoms with Gasteiger partial charge in [-0.25, -0.2) is 9.59 Å². The molecule has 1 fully saturated rings. The van der Waals surface area contributed by atoms with Crippen molar-refractivity contribution >= 4 is 23.8 Å². The van der Waals surface area contributed by atoms with E-state index in [9.17, 15) is 44.7 Å². The van der Waals surface area contributed by atoms with Gasteiger partial charge in [-0.3, -0.25) is 9.59 Å². The number of Topliss-reactive ketones (excluding diaryl/α,β-unsaturated/α-hetero) is 1. The van der Waals surface area contributed by atoms with Crippen molar-refractivity contribution in [3.05, 3.63) is 64.7 Å². The molecule has 3 aliphatic heterocycles. The van der Waals surface area contributed by atoms with Crippen LogP contribution in [0.5, 0.6) is 28.7 Å². The molecule has 0 aromatic heterocycles. The number of esters is 1. The molecule has 0 spiro atoms. The zero-order valence-electron chi connectivity index (χ0n) is 28.6. The average molecular weight is 723 g/mol. The Morgan fingerprint density at radius 3 is 2.35 bits per heavy atom. The molecule has 16 heteroatoms. The van der Waals surface area contributed by atoms with E-state index in [1.165, 1.54) is 61.0 Å². The summed E-state index contributed by atoms with van der Waals surface area (Å²) in [4.78, 5) is 54.4. The molecule has 3 aromatic rings. The summed E-state index contributed by atoms with van der Waals surface area (Å²) in [5.74, 6) is -2.64. The van der Waals surface area contributed by atoms with Gasteiger partial charge in [0.1, 0.15) is 77.0 Å². The number of aromatic hydroxyl groups is 2. The van der Waals surface area contributed by atoms with Gasteiger partial charge in [0.15, 0.2) is 5.78 Å². The number of aliphatic hydroxyl groups excluding tert-OH is 3. The second-order valence-electron chi connectivity index (χ2n) is 12.9. The summed E-state index contributed by atoms with van der Waals surface area (Å²) in [6, 6.07) is 9.98. The van der Waals surface area contributed by atoms with E-state index >= 15 is 0 Å². The number of rotatable bonds is 4. The molecule has 16 nitrogen and oxygen atoms in total. The lowest BCUT2D eigenvalue weighted by molar-refractivity contribution is -0.277. The van der Waals surface area contributed by atoms with Crippen LogP contribution in [0, 0.1) is 6.92 Å². The highest BCUT2D eigenvalue weighted by atomic mass is 16.7. The molecular formula is C36H38N2O14. The summed E-state index contributed by atoms with van der Waals surface area (Å²) >= 11 is 0. The van der Waals surface area contributed by atoms with Crippen molar-refractivity contribution in [1.29, 1.82) is 0 Å². The SMILES string of the molecule is CC(=O)N(C)CCN(C)C(=O)Oc1ccc2cc1-c1ccc(O)c(c1)C(=O)OCC1OC(Oc3cc4c(c(O)c3C)C(=O)C[C@H]2O4)C(O)C(O)C1O. The Morgan fingerprint density at radius 1 is 0.885 bits per heavy atom. The predicted octanol–water partition coefficient (Wildman–Crippen LogP) is 2.05. The van der Waals surface area contributed by atoms with Crippen LogP contribution in [0.1, 0.15) is 51.3 Å². The highest BCUT2D eigenvalue weighted by molar-refractivity contribution is 6.03. The smallest absolute Gasteiger partial charge is 0.415 e. The van der Waals surface area contributed by atoms with Gasteiger partial charge in [0.25, 0.3) is 0 Å². The van der Waals surface area contributed by atoms with Gasteiger partial charge in [-0.15, -0.1) is 0 Å². The maximum absolute atomic E-state index is 13.5. The third-order valence-electron chi connectivity index (χ3n) is 9.40. The fraction of sp³-hybridized carbons (Fsp3) is 0.389. The van der Waals surface area contributed by atoms with Crippen molar-refractivity contribution in [3.63, 3.8) is 0 Å². The maximum atomic E-state index is 13.5. The zero-order valence-corrected chi connectivity index (χ0v) is 28.6. The quantitative estimate of drug-likeness (QED) is 0.243. The number of nitrogens with zero attached hydrogens (tertiary/aromatic N) is 2. The molecule has 9 bridgehead atoms. The molecule has 276 valence electrons. The molecule has 5 N–H and O–H groups in total. The fourth-order valence-electron chi connectivity index (χ4n) is 6.02. The first-order valence-electron chi connectivity index (χ1n) is 16.4. The number of likely N-dealkylation sites (N-methyl/N-ethyl adjacent to an activating group) is 2. The molecule has 5 unspecified atom stereocenters. The number of hydrogen-bond acceptors (Lipinski definition) is 14. The van der Waals surface area contributed by atoms with Gasteiger partial charge in [-0.05, 0) is 42.3 Å². The highest BCUT2D eigenvalue weighted by Crippen LogP contribution is 2.46. The van der Waals surface area contributed by atoms with Crippen LogP contribution in [0.3, 0.4) is 0 Å². The molecule has 3 aromatic carbocycles.